The van der Waals surface area contributed by atoms with E-state index in [1.165, 1.54) is 0 Å². The Morgan fingerprint density at radius 3 is 2.52 bits per heavy atom. The normalized spacial score (nSPS) is 12.0. The smallest absolute Gasteiger partial charge is 0.220 e. The largest absolute Gasteiger partial charge is 0.387 e. The van der Waals surface area contributed by atoms with Crippen LogP contribution in [0.4, 0.5) is 0 Å². The topological polar surface area (TPSA) is 49.3 Å². The van der Waals surface area contributed by atoms with Gasteiger partial charge in [0.2, 0.25) is 5.91 Å². The van der Waals surface area contributed by atoms with Crippen molar-refractivity contribution in [3.05, 3.63) is 78.4 Å². The van der Waals surface area contributed by atoms with Crippen LogP contribution in [0.15, 0.2) is 77.7 Å². The lowest BCUT2D eigenvalue weighted by atomic mass is 10.0. The zero-order valence-corrected chi connectivity index (χ0v) is 14.7. The van der Waals surface area contributed by atoms with E-state index in [1.807, 2.05) is 72.8 Å². The van der Waals surface area contributed by atoms with Crippen molar-refractivity contribution < 1.29 is 9.90 Å². The quantitative estimate of drug-likeness (QED) is 0.628. The second kappa shape index (κ2) is 8.70. The molecular formula is C21H21NO2S. The van der Waals surface area contributed by atoms with Crippen LogP contribution in [0.3, 0.4) is 0 Å². The number of aliphatic hydroxyl groups excluding tert-OH is 1. The molecule has 0 aliphatic rings. The van der Waals surface area contributed by atoms with E-state index in [2.05, 4.69) is 5.32 Å². The molecular weight excluding hydrogens is 330 g/mol. The van der Waals surface area contributed by atoms with Gasteiger partial charge in [0.25, 0.3) is 0 Å². The molecule has 0 heterocycles. The highest BCUT2D eigenvalue weighted by molar-refractivity contribution is 7.99. The maximum Gasteiger partial charge on any atom is 0.220 e. The van der Waals surface area contributed by atoms with Crippen LogP contribution in [-0.4, -0.2) is 23.3 Å². The summed E-state index contributed by atoms with van der Waals surface area (Å²) in [5.74, 6) is 0.683. The van der Waals surface area contributed by atoms with Gasteiger partial charge in [-0.25, -0.2) is 0 Å². The third-order valence-electron chi connectivity index (χ3n) is 4.02. The van der Waals surface area contributed by atoms with Crippen LogP contribution < -0.4 is 5.32 Å². The minimum atomic E-state index is -0.711. The summed E-state index contributed by atoms with van der Waals surface area (Å²) in [4.78, 5) is 13.2. The van der Waals surface area contributed by atoms with Crippen LogP contribution in [0, 0.1) is 0 Å². The number of thioether (sulfide) groups is 1. The number of amides is 1. The molecule has 0 fully saturated rings. The Morgan fingerprint density at radius 1 is 0.960 bits per heavy atom. The van der Waals surface area contributed by atoms with Crippen molar-refractivity contribution in [3.63, 3.8) is 0 Å². The van der Waals surface area contributed by atoms with Gasteiger partial charge in [-0.2, -0.15) is 0 Å². The number of benzene rings is 3. The van der Waals surface area contributed by atoms with E-state index in [-0.39, 0.29) is 12.5 Å². The lowest BCUT2D eigenvalue weighted by Crippen LogP contribution is -2.28. The molecule has 0 spiro atoms. The number of rotatable bonds is 7. The molecule has 3 rings (SSSR count). The van der Waals surface area contributed by atoms with E-state index < -0.39 is 6.10 Å². The van der Waals surface area contributed by atoms with Gasteiger partial charge in [-0.3, -0.25) is 4.79 Å². The summed E-state index contributed by atoms with van der Waals surface area (Å²) in [5.41, 5.74) is 0.845. The van der Waals surface area contributed by atoms with Gasteiger partial charge in [0, 0.05) is 23.6 Å². The average Bonchev–Trinajstić information content (AvgIpc) is 2.66. The van der Waals surface area contributed by atoms with E-state index in [0.29, 0.717) is 6.42 Å². The predicted molar refractivity (Wildman–Crippen MR) is 104 cm³/mol. The first-order valence-corrected chi connectivity index (χ1v) is 9.33. The maximum absolute atomic E-state index is 12.0. The molecule has 3 aromatic carbocycles. The highest BCUT2D eigenvalue weighted by Gasteiger charge is 2.12. The number of carbonyl (C=O) groups is 1. The Bertz CT molecular complexity index is 830. The third kappa shape index (κ3) is 4.84. The van der Waals surface area contributed by atoms with Crippen molar-refractivity contribution in [2.45, 2.75) is 17.4 Å². The van der Waals surface area contributed by atoms with Gasteiger partial charge in [0.15, 0.2) is 0 Å². The van der Waals surface area contributed by atoms with Crippen molar-refractivity contribution in [1.82, 2.24) is 5.32 Å². The van der Waals surface area contributed by atoms with Crippen molar-refractivity contribution in [3.8, 4) is 0 Å². The van der Waals surface area contributed by atoms with Crippen LogP contribution in [-0.2, 0) is 4.79 Å². The molecule has 0 unspecified atom stereocenters. The van der Waals surface area contributed by atoms with Gasteiger partial charge in [0.1, 0.15) is 0 Å². The lowest BCUT2D eigenvalue weighted by molar-refractivity contribution is -0.121. The van der Waals surface area contributed by atoms with Gasteiger partial charge in [-0.1, -0.05) is 60.7 Å². The van der Waals surface area contributed by atoms with Crippen LogP contribution in [0.5, 0.6) is 0 Å². The fraction of sp³-hybridized carbons (Fsp3) is 0.190. The Hall–Kier alpha value is -2.30. The zero-order valence-electron chi connectivity index (χ0n) is 13.9. The molecule has 0 saturated carbocycles. The summed E-state index contributed by atoms with van der Waals surface area (Å²) < 4.78 is 0. The van der Waals surface area contributed by atoms with Gasteiger partial charge in [-0.05, 0) is 28.5 Å². The summed E-state index contributed by atoms with van der Waals surface area (Å²) >= 11 is 1.66. The highest BCUT2D eigenvalue weighted by Crippen LogP contribution is 2.24. The lowest BCUT2D eigenvalue weighted by Gasteiger charge is -2.14. The van der Waals surface area contributed by atoms with Crippen molar-refractivity contribution in [1.29, 1.82) is 0 Å². The average molecular weight is 351 g/mol. The van der Waals surface area contributed by atoms with E-state index >= 15 is 0 Å². The molecule has 2 N–H and O–H groups in total. The van der Waals surface area contributed by atoms with E-state index in [4.69, 9.17) is 0 Å². The standard InChI is InChI=1S/C21H21NO2S/c23-20(19-12-6-8-16-7-4-5-11-18(16)19)15-22-21(24)13-14-25-17-9-2-1-3-10-17/h1-12,20,23H,13-15H2,(H,22,24)/t20-/m1/s1. The molecule has 0 aliphatic carbocycles. The number of hydrogen-bond acceptors (Lipinski definition) is 3. The Labute approximate surface area is 152 Å². The van der Waals surface area contributed by atoms with Gasteiger partial charge in [-0.15, -0.1) is 11.8 Å². The number of carbonyl (C=O) groups excluding carboxylic acids is 1. The Balaban J connectivity index is 1.49. The van der Waals surface area contributed by atoms with E-state index in [0.717, 1.165) is 27.0 Å². The minimum absolute atomic E-state index is 0.0392. The highest BCUT2D eigenvalue weighted by atomic mass is 32.2. The number of hydrogen-bond donors (Lipinski definition) is 2. The summed E-state index contributed by atoms with van der Waals surface area (Å²) in [5, 5.41) is 15.4. The monoisotopic (exact) mass is 351 g/mol. The minimum Gasteiger partial charge on any atom is -0.387 e. The van der Waals surface area contributed by atoms with Crippen LogP contribution in [0.25, 0.3) is 10.8 Å². The van der Waals surface area contributed by atoms with E-state index in [1.54, 1.807) is 11.8 Å². The Morgan fingerprint density at radius 2 is 1.68 bits per heavy atom. The van der Waals surface area contributed by atoms with Crippen LogP contribution in [0.1, 0.15) is 18.1 Å². The summed E-state index contributed by atoms with van der Waals surface area (Å²) in [7, 11) is 0. The Kier molecular flexibility index (Phi) is 6.09. The first-order chi connectivity index (χ1) is 12.2. The molecule has 128 valence electrons. The fourth-order valence-corrected chi connectivity index (χ4v) is 3.60. The fourth-order valence-electron chi connectivity index (χ4n) is 2.73. The molecule has 1 amide bonds. The number of aliphatic hydroxyl groups is 1. The third-order valence-corrected chi connectivity index (χ3v) is 5.03. The second-order valence-electron chi connectivity index (χ2n) is 5.80. The molecule has 0 bridgehead atoms. The van der Waals surface area contributed by atoms with Gasteiger partial charge >= 0.3 is 0 Å². The maximum atomic E-state index is 12.0. The molecule has 1 atom stereocenters. The molecule has 0 radical (unpaired) electrons. The van der Waals surface area contributed by atoms with Crippen molar-refractivity contribution in [2.24, 2.45) is 0 Å². The van der Waals surface area contributed by atoms with Gasteiger partial charge in [0.05, 0.1) is 6.10 Å². The predicted octanol–water partition coefficient (Wildman–Crippen LogP) is 4.17. The first-order valence-electron chi connectivity index (χ1n) is 8.34. The number of nitrogens with one attached hydrogen (secondary N) is 1. The van der Waals surface area contributed by atoms with Gasteiger partial charge < -0.3 is 10.4 Å². The first kappa shape index (κ1) is 17.5. The SMILES string of the molecule is O=C(CCSc1ccccc1)NC[C@@H](O)c1cccc2ccccc12. The van der Waals surface area contributed by atoms with E-state index in [9.17, 15) is 9.90 Å². The van der Waals surface area contributed by atoms with Crippen molar-refractivity contribution in [2.75, 3.05) is 12.3 Å². The molecule has 25 heavy (non-hydrogen) atoms. The number of fused-ring (bicyclic) bond motifs is 1. The summed E-state index contributed by atoms with van der Waals surface area (Å²) in [6.45, 7) is 0.225. The molecule has 3 nitrogen and oxygen atoms in total. The molecule has 4 heteroatoms. The van der Waals surface area contributed by atoms with Crippen molar-refractivity contribution >= 4 is 28.4 Å². The molecule has 0 saturated heterocycles. The summed E-state index contributed by atoms with van der Waals surface area (Å²) in [6.07, 6.45) is -0.279. The summed E-state index contributed by atoms with van der Waals surface area (Å²) in [6, 6.07) is 23.8. The zero-order chi connectivity index (χ0) is 17.5. The molecule has 0 aromatic heterocycles. The van der Waals surface area contributed by atoms with Crippen LogP contribution in [0.2, 0.25) is 0 Å². The molecule has 0 aliphatic heterocycles. The van der Waals surface area contributed by atoms with Crippen LogP contribution >= 0.6 is 11.8 Å². The molecule has 3 aromatic rings. The second-order valence-corrected chi connectivity index (χ2v) is 6.97.